The van der Waals surface area contributed by atoms with Gasteiger partial charge in [-0.2, -0.15) is 0 Å². The first-order valence-corrected chi connectivity index (χ1v) is 10.0. The van der Waals surface area contributed by atoms with Gasteiger partial charge >= 0.3 is 0 Å². The molecule has 2 amide bonds. The average Bonchev–Trinajstić information content (AvgIpc) is 3.16. The van der Waals surface area contributed by atoms with Gasteiger partial charge in [-0.15, -0.1) is 23.7 Å². The second-order valence-corrected chi connectivity index (χ2v) is 7.59. The van der Waals surface area contributed by atoms with Gasteiger partial charge in [-0.05, 0) is 68.4 Å². The molecule has 3 N–H and O–H groups in total. The second-order valence-electron chi connectivity index (χ2n) is 6.56. The summed E-state index contributed by atoms with van der Waals surface area (Å²) < 4.78 is 0. The fourth-order valence-corrected chi connectivity index (χ4v) is 3.83. The number of carbonyl (C=O) groups is 2. The highest BCUT2D eigenvalue weighted by molar-refractivity contribution is 7.09. The van der Waals surface area contributed by atoms with Gasteiger partial charge in [0.15, 0.2) is 0 Å². The maximum atomic E-state index is 12.4. The molecule has 2 heterocycles. The minimum atomic E-state index is -0.0781. The average molecular weight is 408 g/mol. The number of rotatable bonds is 7. The topological polar surface area (TPSA) is 70.2 Å². The van der Waals surface area contributed by atoms with Crippen LogP contribution in [0.15, 0.2) is 41.8 Å². The van der Waals surface area contributed by atoms with Crippen molar-refractivity contribution >= 4 is 41.2 Å². The van der Waals surface area contributed by atoms with Crippen molar-refractivity contribution in [1.82, 2.24) is 10.6 Å². The summed E-state index contributed by atoms with van der Waals surface area (Å²) in [4.78, 5) is 25.8. The summed E-state index contributed by atoms with van der Waals surface area (Å²) in [6.45, 7) is 1.87. The molecule has 0 radical (unpaired) electrons. The Hall–Kier alpha value is -1.89. The molecule has 0 unspecified atom stereocenters. The van der Waals surface area contributed by atoms with E-state index in [1.165, 1.54) is 4.88 Å². The smallest absolute Gasteiger partial charge is 0.251 e. The summed E-state index contributed by atoms with van der Waals surface area (Å²) in [6.07, 6.45) is 4.12. The lowest BCUT2D eigenvalue weighted by Gasteiger charge is -2.23. The maximum Gasteiger partial charge on any atom is 0.251 e. The molecular weight excluding hydrogens is 382 g/mol. The standard InChI is InChI=1S/C20H25N3O2S.ClH/c24-19(8-2-6-18-7-3-13-26-18)22-17-5-1-4-15(14-17)20(25)23-16-9-11-21-12-10-16;/h1,3-5,7,13-14,16,21H,2,6,8-12H2,(H,22,24)(H,23,25);1H. The van der Waals surface area contributed by atoms with Crippen molar-refractivity contribution in [3.8, 4) is 0 Å². The van der Waals surface area contributed by atoms with E-state index < -0.39 is 0 Å². The van der Waals surface area contributed by atoms with Crippen LogP contribution in [-0.2, 0) is 11.2 Å². The van der Waals surface area contributed by atoms with E-state index in [2.05, 4.69) is 27.4 Å². The molecule has 7 heteroatoms. The van der Waals surface area contributed by atoms with Crippen LogP contribution < -0.4 is 16.0 Å². The summed E-state index contributed by atoms with van der Waals surface area (Å²) in [6, 6.07) is 11.5. The van der Waals surface area contributed by atoms with Crippen molar-refractivity contribution < 1.29 is 9.59 Å². The molecule has 5 nitrogen and oxygen atoms in total. The lowest BCUT2D eigenvalue weighted by Crippen LogP contribution is -2.42. The van der Waals surface area contributed by atoms with E-state index in [1.807, 2.05) is 12.1 Å². The molecule has 27 heavy (non-hydrogen) atoms. The zero-order chi connectivity index (χ0) is 18.2. The molecule has 1 fully saturated rings. The van der Waals surface area contributed by atoms with Gasteiger partial charge in [-0.3, -0.25) is 9.59 Å². The number of thiophene rings is 1. The molecule has 1 aliphatic heterocycles. The Kier molecular flexibility index (Phi) is 8.78. The molecule has 0 spiro atoms. The molecule has 0 bridgehead atoms. The lowest BCUT2D eigenvalue weighted by molar-refractivity contribution is -0.116. The van der Waals surface area contributed by atoms with E-state index >= 15 is 0 Å². The van der Waals surface area contributed by atoms with E-state index in [4.69, 9.17) is 0 Å². The Morgan fingerprint density at radius 3 is 2.70 bits per heavy atom. The minimum absolute atomic E-state index is 0. The van der Waals surface area contributed by atoms with Crippen LogP contribution in [0, 0.1) is 0 Å². The Labute approximate surface area is 170 Å². The molecule has 0 atom stereocenters. The summed E-state index contributed by atoms with van der Waals surface area (Å²) in [7, 11) is 0. The van der Waals surface area contributed by atoms with Crippen molar-refractivity contribution in [3.63, 3.8) is 0 Å². The highest BCUT2D eigenvalue weighted by atomic mass is 35.5. The Morgan fingerprint density at radius 2 is 1.96 bits per heavy atom. The van der Waals surface area contributed by atoms with E-state index in [0.29, 0.717) is 17.7 Å². The molecule has 0 aliphatic carbocycles. The van der Waals surface area contributed by atoms with Gasteiger partial charge in [0.05, 0.1) is 0 Å². The summed E-state index contributed by atoms with van der Waals surface area (Å²) in [5, 5.41) is 11.3. The van der Waals surface area contributed by atoms with Crippen LogP contribution in [0.3, 0.4) is 0 Å². The van der Waals surface area contributed by atoms with Crippen molar-refractivity contribution in [2.75, 3.05) is 18.4 Å². The van der Waals surface area contributed by atoms with E-state index in [9.17, 15) is 9.59 Å². The van der Waals surface area contributed by atoms with Gasteiger partial charge in [-0.25, -0.2) is 0 Å². The third-order valence-electron chi connectivity index (χ3n) is 4.49. The number of amides is 2. The molecule has 1 saturated heterocycles. The first-order chi connectivity index (χ1) is 12.7. The van der Waals surface area contributed by atoms with Crippen LogP contribution in [0.2, 0.25) is 0 Å². The number of nitrogens with one attached hydrogen (secondary N) is 3. The predicted molar refractivity (Wildman–Crippen MR) is 113 cm³/mol. The summed E-state index contributed by atoms with van der Waals surface area (Å²) in [5.74, 6) is -0.0943. The van der Waals surface area contributed by atoms with Gasteiger partial charge in [0.2, 0.25) is 5.91 Å². The molecule has 3 rings (SSSR count). The Morgan fingerprint density at radius 1 is 1.15 bits per heavy atom. The zero-order valence-corrected chi connectivity index (χ0v) is 16.8. The molecule has 1 aromatic heterocycles. The SMILES string of the molecule is Cl.O=C(CCCc1cccs1)Nc1cccc(C(=O)NC2CCNCC2)c1. The van der Waals surface area contributed by atoms with E-state index in [-0.39, 0.29) is 30.3 Å². The number of hydrogen-bond donors (Lipinski definition) is 3. The highest BCUT2D eigenvalue weighted by Gasteiger charge is 2.16. The largest absolute Gasteiger partial charge is 0.349 e. The first kappa shape index (κ1) is 21.4. The number of carbonyl (C=O) groups excluding carboxylic acids is 2. The van der Waals surface area contributed by atoms with Gasteiger partial charge in [0.25, 0.3) is 5.91 Å². The normalized spacial score (nSPS) is 14.2. The Balaban J connectivity index is 0.00000261. The van der Waals surface area contributed by atoms with Crippen LogP contribution in [0.5, 0.6) is 0 Å². The molecule has 2 aromatic rings. The van der Waals surface area contributed by atoms with Gasteiger partial charge in [0, 0.05) is 28.6 Å². The minimum Gasteiger partial charge on any atom is -0.349 e. The number of aryl methyl sites for hydroxylation is 1. The fraction of sp³-hybridized carbons (Fsp3) is 0.400. The fourth-order valence-electron chi connectivity index (χ4n) is 3.07. The summed E-state index contributed by atoms with van der Waals surface area (Å²) in [5.41, 5.74) is 1.25. The number of halogens is 1. The van der Waals surface area contributed by atoms with Gasteiger partial charge in [0.1, 0.15) is 0 Å². The number of piperidine rings is 1. The molecule has 146 valence electrons. The third-order valence-corrected chi connectivity index (χ3v) is 5.43. The number of benzene rings is 1. The Bertz CT molecular complexity index is 731. The molecule has 1 aliphatic rings. The van der Waals surface area contributed by atoms with Gasteiger partial charge < -0.3 is 16.0 Å². The van der Waals surface area contributed by atoms with Crippen molar-refractivity contribution in [2.24, 2.45) is 0 Å². The van der Waals surface area contributed by atoms with Crippen LogP contribution in [-0.4, -0.2) is 30.9 Å². The first-order valence-electron chi connectivity index (χ1n) is 9.14. The van der Waals surface area contributed by atoms with Crippen molar-refractivity contribution in [3.05, 3.63) is 52.2 Å². The van der Waals surface area contributed by atoms with Crippen molar-refractivity contribution in [2.45, 2.75) is 38.1 Å². The number of hydrogen-bond acceptors (Lipinski definition) is 4. The lowest BCUT2D eigenvalue weighted by atomic mass is 10.1. The van der Waals surface area contributed by atoms with E-state index in [0.717, 1.165) is 38.8 Å². The summed E-state index contributed by atoms with van der Waals surface area (Å²) >= 11 is 1.72. The van der Waals surface area contributed by atoms with Gasteiger partial charge in [-0.1, -0.05) is 12.1 Å². The second kappa shape index (κ2) is 11.1. The third kappa shape index (κ3) is 6.97. The van der Waals surface area contributed by atoms with Crippen LogP contribution in [0.1, 0.15) is 40.9 Å². The predicted octanol–water partition coefficient (Wildman–Crippen LogP) is 3.61. The van der Waals surface area contributed by atoms with Crippen LogP contribution in [0.25, 0.3) is 0 Å². The molecule has 0 saturated carbocycles. The molecular formula is C20H26ClN3O2S. The monoisotopic (exact) mass is 407 g/mol. The maximum absolute atomic E-state index is 12.4. The number of anilines is 1. The van der Waals surface area contributed by atoms with Crippen molar-refractivity contribution in [1.29, 1.82) is 0 Å². The zero-order valence-electron chi connectivity index (χ0n) is 15.2. The van der Waals surface area contributed by atoms with E-state index in [1.54, 1.807) is 29.5 Å². The molecule has 1 aromatic carbocycles. The van der Waals surface area contributed by atoms with Crippen LogP contribution in [0.4, 0.5) is 5.69 Å². The van der Waals surface area contributed by atoms with Crippen LogP contribution >= 0.6 is 23.7 Å². The quantitative estimate of drug-likeness (QED) is 0.656. The highest BCUT2D eigenvalue weighted by Crippen LogP contribution is 2.15.